The summed E-state index contributed by atoms with van der Waals surface area (Å²) < 4.78 is 18.6. The number of alkyl halides is 1. The Hall–Kier alpha value is -8.80. The molecule has 9 amide bonds. The van der Waals surface area contributed by atoms with Gasteiger partial charge in [-0.2, -0.15) is 0 Å². The average Bonchev–Trinajstić information content (AvgIpc) is 1.59. The first-order valence-electron chi connectivity index (χ1n) is 30.8. The summed E-state index contributed by atoms with van der Waals surface area (Å²) in [4.78, 5) is 132. The second-order valence-electron chi connectivity index (χ2n) is 23.8. The van der Waals surface area contributed by atoms with E-state index in [1.54, 1.807) is 42.3 Å². The van der Waals surface area contributed by atoms with E-state index in [1.807, 2.05) is 80.7 Å². The van der Waals surface area contributed by atoms with Gasteiger partial charge in [0.1, 0.15) is 43.3 Å². The Bertz CT molecular complexity index is 3660. The van der Waals surface area contributed by atoms with Gasteiger partial charge in [0.2, 0.25) is 23.6 Å². The fraction of sp³-hybridized carbons (Fsp3) is 0.418. The third-order valence-corrected chi connectivity index (χ3v) is 18.0. The molecule has 1 saturated heterocycles. The van der Waals surface area contributed by atoms with Crippen LogP contribution in [-0.4, -0.2) is 169 Å². The third-order valence-electron chi connectivity index (χ3n) is 16.5. The Kier molecular flexibility index (Phi) is 22.6. The summed E-state index contributed by atoms with van der Waals surface area (Å²) in [5.41, 5.74) is 11.0. The number of unbranched alkanes of at least 4 members (excludes halogenated alkanes) is 2. The van der Waals surface area contributed by atoms with Gasteiger partial charge in [-0.1, -0.05) is 62.7 Å². The minimum Gasteiger partial charge on any atom is -0.492 e. The number of nitrogens with one attached hydrogen (secondary N) is 3. The largest absolute Gasteiger partial charge is 0.492 e. The van der Waals surface area contributed by atoms with Gasteiger partial charge >= 0.3 is 12.2 Å². The number of ether oxygens (including phenoxy) is 3. The predicted octanol–water partition coefficient (Wildman–Crippen LogP) is 8.41. The summed E-state index contributed by atoms with van der Waals surface area (Å²) in [6.45, 7) is 9.38. The molecular formula is C67H79ClN10O12S. The number of imide groups is 1. The van der Waals surface area contributed by atoms with E-state index in [1.165, 1.54) is 58.1 Å². The number of amides is 9. The maximum atomic E-state index is 14.5. The monoisotopic (exact) mass is 1280 g/mol. The van der Waals surface area contributed by atoms with Crippen LogP contribution in [0.5, 0.6) is 11.5 Å². The Morgan fingerprint density at radius 3 is 2.23 bits per heavy atom. The fourth-order valence-corrected chi connectivity index (χ4v) is 12.8. The number of carbonyl (C=O) groups excluding carboxylic acids is 9. The molecule has 3 aliphatic rings. The molecule has 0 spiro atoms. The number of hydrogen-bond donors (Lipinski definition) is 4. The van der Waals surface area contributed by atoms with Gasteiger partial charge in [-0.3, -0.25) is 43.4 Å². The van der Waals surface area contributed by atoms with Crippen molar-refractivity contribution in [3.8, 4) is 11.5 Å². The van der Waals surface area contributed by atoms with Crippen molar-refractivity contribution >= 4 is 109 Å². The number of H-pyrrole nitrogens is 1. The van der Waals surface area contributed by atoms with Gasteiger partial charge in [0.15, 0.2) is 5.75 Å². The normalized spacial score (nSPS) is 15.3. The smallest absolute Gasteiger partial charge is 0.415 e. The van der Waals surface area contributed by atoms with Crippen LogP contribution >= 0.6 is 22.9 Å². The number of aryl methyl sites for hydroxylation is 1. The van der Waals surface area contributed by atoms with E-state index in [-0.39, 0.29) is 92.4 Å². The Morgan fingerprint density at radius 2 is 1.54 bits per heavy atom. The molecule has 0 aliphatic carbocycles. The number of carbonyl (C=O) groups is 9. The molecule has 9 rings (SSSR count). The van der Waals surface area contributed by atoms with Crippen LogP contribution in [-0.2, 0) is 46.5 Å². The van der Waals surface area contributed by atoms with Gasteiger partial charge in [0, 0.05) is 112 Å². The summed E-state index contributed by atoms with van der Waals surface area (Å²) in [6, 6.07) is 22.6. The molecule has 1 fully saturated rings. The predicted molar refractivity (Wildman–Crippen MR) is 348 cm³/mol. The number of thiophene rings is 1. The van der Waals surface area contributed by atoms with E-state index in [9.17, 15) is 43.2 Å². The van der Waals surface area contributed by atoms with Crippen LogP contribution < -0.4 is 35.6 Å². The molecule has 0 unspecified atom stereocenters. The minimum atomic E-state index is -1.14. The van der Waals surface area contributed by atoms with Crippen molar-refractivity contribution in [3.63, 3.8) is 0 Å². The Morgan fingerprint density at radius 1 is 0.824 bits per heavy atom. The van der Waals surface area contributed by atoms with E-state index >= 15 is 0 Å². The molecule has 482 valence electrons. The van der Waals surface area contributed by atoms with E-state index in [0.29, 0.717) is 49.4 Å². The van der Waals surface area contributed by atoms with Gasteiger partial charge in [-0.25, -0.2) is 9.59 Å². The molecule has 0 saturated carbocycles. The lowest BCUT2D eigenvalue weighted by Gasteiger charge is -2.29. The maximum Gasteiger partial charge on any atom is 0.415 e. The fourth-order valence-electron chi connectivity index (χ4n) is 11.6. The average molecular weight is 1280 g/mol. The molecule has 3 aliphatic heterocycles. The number of nitrogens with two attached hydrogens (primary N) is 1. The van der Waals surface area contributed by atoms with Crippen molar-refractivity contribution in [1.29, 1.82) is 0 Å². The van der Waals surface area contributed by atoms with Crippen molar-refractivity contribution in [3.05, 3.63) is 130 Å². The van der Waals surface area contributed by atoms with Crippen LogP contribution in [0.1, 0.15) is 97.5 Å². The quantitative estimate of drug-likeness (QED) is 0.0195. The van der Waals surface area contributed by atoms with Crippen LogP contribution in [0.4, 0.5) is 21.0 Å². The molecule has 0 bridgehead atoms. The number of aromatic nitrogens is 1. The second-order valence-corrected chi connectivity index (χ2v) is 25.0. The maximum absolute atomic E-state index is 14.5. The van der Waals surface area contributed by atoms with Gasteiger partial charge in [-0.05, 0) is 122 Å². The first-order valence-corrected chi connectivity index (χ1v) is 32.2. The van der Waals surface area contributed by atoms with Gasteiger partial charge < -0.3 is 55.2 Å². The highest BCUT2D eigenvalue weighted by molar-refractivity contribution is 7.17. The van der Waals surface area contributed by atoms with Crippen molar-refractivity contribution in [2.45, 2.75) is 96.7 Å². The van der Waals surface area contributed by atoms with Gasteiger partial charge in [0.25, 0.3) is 17.7 Å². The first-order chi connectivity index (χ1) is 43.7. The summed E-state index contributed by atoms with van der Waals surface area (Å²) in [7, 11) is 3.09. The number of likely N-dealkylation sites (N-methyl/N-ethyl adjacent to an activating group) is 2. The molecule has 2 aromatic heterocycles. The Labute approximate surface area is 537 Å². The molecular weight excluding hydrogens is 1200 g/mol. The van der Waals surface area contributed by atoms with Gasteiger partial charge in [-0.15, -0.1) is 22.9 Å². The highest BCUT2D eigenvalue weighted by atomic mass is 35.5. The molecule has 24 heteroatoms. The highest BCUT2D eigenvalue weighted by Gasteiger charge is 2.38. The number of primary amides is 1. The number of likely N-dealkylation sites (tertiary alicyclic amines) is 1. The zero-order valence-electron chi connectivity index (χ0n) is 52.0. The Balaban J connectivity index is 0.784. The van der Waals surface area contributed by atoms with Crippen molar-refractivity contribution in [2.24, 2.45) is 11.7 Å². The number of hydrogen-bond acceptors (Lipinski definition) is 14. The summed E-state index contributed by atoms with van der Waals surface area (Å²) in [5, 5.41) is 9.41. The summed E-state index contributed by atoms with van der Waals surface area (Å²) in [5.74, 6) is -2.42. The lowest BCUT2D eigenvalue weighted by molar-refractivity contribution is -0.137. The SMILES string of the molecule is Cc1csc2c(OC(=O)N(C)CCN(C)C(=O)OCc3ccc(N(CC(N)=O)C(=O)[C@H](CC(C)C)NC(=O)[C@H](Cc4ccccc4)NC(=O)CCCCCN4C(=O)C=CC4=O)cc3)cc3c(c12)[C@H](CCl)CN3C(=O)c1cc2cc(OCCN3CCCC3)ccc2[nH]1. The lowest BCUT2D eigenvalue weighted by atomic mass is 9.97. The summed E-state index contributed by atoms with van der Waals surface area (Å²) >= 11 is 8.06. The van der Waals surface area contributed by atoms with Crippen LogP contribution in [0.15, 0.2) is 102 Å². The number of anilines is 2. The van der Waals surface area contributed by atoms with Crippen molar-refractivity contribution < 1.29 is 57.4 Å². The molecule has 91 heavy (non-hydrogen) atoms. The standard InChI is InChI=1S/C67H79ClN10O12S/c1-42(2)32-52(72-63(83)51(33-44-14-8-6-9-15-44)71-57(80)16-10-7-11-27-76-58(81)23-24-59(76)82)64(84)77(39-56(69)79)48-19-17-45(18-20-48)40-89-66(86)73(4)28-29-74(5)67(87)90-55-36-54-61(60-43(3)41-91-62(55)60)47(37-68)38-78(54)65(85)53-35-46-34-49(21-22-50(46)70-53)88-31-30-75-25-12-13-26-75/h6,8-9,14-15,17-24,34-36,41-42,47,51-52,70H,7,10-13,16,25-33,37-40H2,1-5H3,(H2,69,79)(H,71,80)(H,72,83)/t47-,51+,52+/m1/s1. The van der Waals surface area contributed by atoms with E-state index in [0.717, 1.165) is 68.0 Å². The number of halogens is 1. The molecule has 22 nitrogen and oxygen atoms in total. The van der Waals surface area contributed by atoms with Crippen molar-refractivity contribution in [2.75, 3.05) is 88.7 Å². The molecule has 0 radical (unpaired) electrons. The second kappa shape index (κ2) is 30.8. The van der Waals surface area contributed by atoms with Gasteiger partial charge in [0.05, 0.1) is 10.4 Å². The first kappa shape index (κ1) is 66.6. The molecule has 4 aromatic carbocycles. The zero-order chi connectivity index (χ0) is 64.9. The molecule has 5 N–H and O–H groups in total. The van der Waals surface area contributed by atoms with E-state index < -0.39 is 54.4 Å². The van der Waals surface area contributed by atoms with E-state index in [4.69, 9.17) is 31.5 Å². The van der Waals surface area contributed by atoms with E-state index in [2.05, 4.69) is 20.5 Å². The van der Waals surface area contributed by atoms with Crippen LogP contribution in [0.3, 0.4) is 0 Å². The number of aromatic amines is 1. The summed E-state index contributed by atoms with van der Waals surface area (Å²) in [6.07, 6.45) is 5.38. The number of nitrogens with zero attached hydrogens (tertiary/aromatic N) is 6. The lowest BCUT2D eigenvalue weighted by Crippen LogP contribution is -2.56. The van der Waals surface area contributed by atoms with Crippen LogP contribution in [0.25, 0.3) is 21.0 Å². The topological polar surface area (TPSA) is 267 Å². The van der Waals surface area contributed by atoms with Crippen LogP contribution in [0, 0.1) is 12.8 Å². The number of fused-ring (bicyclic) bond motifs is 4. The number of benzene rings is 4. The minimum absolute atomic E-state index is 0.0696. The highest BCUT2D eigenvalue weighted by Crippen LogP contribution is 2.49. The van der Waals surface area contributed by atoms with Crippen molar-refractivity contribution in [1.82, 2.24) is 35.2 Å². The zero-order valence-corrected chi connectivity index (χ0v) is 53.6. The van der Waals surface area contributed by atoms with Crippen LogP contribution in [0.2, 0.25) is 0 Å². The third kappa shape index (κ3) is 17.0. The molecule has 5 heterocycles. The molecule has 3 atom stereocenters. The number of rotatable bonds is 29. The molecule has 6 aromatic rings.